The fraction of sp³-hybridized carbons (Fsp3) is 0.588. The Bertz CT molecular complexity index is 416. The van der Waals surface area contributed by atoms with Crippen molar-refractivity contribution < 1.29 is 4.79 Å². The molecular formula is C17H26N2O. The first-order valence-electron chi connectivity index (χ1n) is 7.82. The summed E-state index contributed by atoms with van der Waals surface area (Å²) in [6.07, 6.45) is 6.35. The highest BCUT2D eigenvalue weighted by Gasteiger charge is 2.29. The molecule has 2 N–H and O–H groups in total. The number of nitrogens with two attached hydrogens (primary N) is 1. The monoisotopic (exact) mass is 274 g/mol. The van der Waals surface area contributed by atoms with Gasteiger partial charge in [0.05, 0.1) is 6.04 Å². The fourth-order valence-corrected chi connectivity index (χ4v) is 3.09. The molecule has 1 aliphatic heterocycles. The topological polar surface area (TPSA) is 46.3 Å². The average Bonchev–Trinajstić information content (AvgIpc) is 2.48. The van der Waals surface area contributed by atoms with Gasteiger partial charge in [0.2, 0.25) is 5.91 Å². The molecule has 1 amide bonds. The summed E-state index contributed by atoms with van der Waals surface area (Å²) in [7, 11) is 0. The zero-order valence-corrected chi connectivity index (χ0v) is 12.4. The molecule has 1 unspecified atom stereocenters. The van der Waals surface area contributed by atoms with Crippen molar-refractivity contribution in [1.29, 1.82) is 0 Å². The number of piperidine rings is 1. The first-order chi connectivity index (χ1) is 9.72. The molecule has 1 heterocycles. The molecule has 0 saturated carbocycles. The molecular weight excluding hydrogens is 248 g/mol. The van der Waals surface area contributed by atoms with Crippen LogP contribution in [0.5, 0.6) is 0 Å². The Morgan fingerprint density at radius 2 is 2.10 bits per heavy atom. The molecule has 0 radical (unpaired) electrons. The van der Waals surface area contributed by atoms with Gasteiger partial charge < -0.3 is 10.6 Å². The van der Waals surface area contributed by atoms with Gasteiger partial charge in [-0.1, -0.05) is 43.7 Å². The van der Waals surface area contributed by atoms with Crippen LogP contribution >= 0.6 is 0 Å². The molecule has 2 atom stereocenters. The van der Waals surface area contributed by atoms with Crippen LogP contribution in [-0.2, 0) is 11.2 Å². The molecule has 0 spiro atoms. The zero-order chi connectivity index (χ0) is 14.4. The highest BCUT2D eigenvalue weighted by Crippen LogP contribution is 2.21. The Morgan fingerprint density at radius 1 is 1.35 bits per heavy atom. The number of benzene rings is 1. The summed E-state index contributed by atoms with van der Waals surface area (Å²) in [6, 6.07) is 10.0. The van der Waals surface area contributed by atoms with Crippen molar-refractivity contribution in [3.8, 4) is 0 Å². The van der Waals surface area contributed by atoms with Crippen molar-refractivity contribution >= 4 is 5.91 Å². The Hall–Kier alpha value is -1.35. The summed E-state index contributed by atoms with van der Waals surface area (Å²) in [4.78, 5) is 14.6. The third kappa shape index (κ3) is 3.83. The SMILES string of the molecule is CCCC1CCCCN1C(=O)[C@@H](N)Cc1ccccc1. The lowest BCUT2D eigenvalue weighted by Crippen LogP contribution is -2.51. The largest absolute Gasteiger partial charge is 0.338 e. The summed E-state index contributed by atoms with van der Waals surface area (Å²) in [6.45, 7) is 3.06. The maximum absolute atomic E-state index is 12.6. The van der Waals surface area contributed by atoms with Gasteiger partial charge in [-0.15, -0.1) is 0 Å². The van der Waals surface area contributed by atoms with Crippen LogP contribution in [0.1, 0.15) is 44.6 Å². The Kier molecular flexibility index (Phi) is 5.60. The van der Waals surface area contributed by atoms with E-state index in [0.717, 1.165) is 37.8 Å². The van der Waals surface area contributed by atoms with Crippen molar-refractivity contribution in [2.45, 2.75) is 57.5 Å². The summed E-state index contributed by atoms with van der Waals surface area (Å²) >= 11 is 0. The van der Waals surface area contributed by atoms with Gasteiger partial charge in [-0.2, -0.15) is 0 Å². The molecule has 3 nitrogen and oxygen atoms in total. The van der Waals surface area contributed by atoms with Crippen molar-refractivity contribution in [1.82, 2.24) is 4.90 Å². The van der Waals surface area contributed by atoms with Crippen LogP contribution < -0.4 is 5.73 Å². The number of rotatable bonds is 5. The van der Waals surface area contributed by atoms with E-state index < -0.39 is 6.04 Å². The van der Waals surface area contributed by atoms with Gasteiger partial charge in [0.1, 0.15) is 0 Å². The predicted octanol–water partition coefficient (Wildman–Crippen LogP) is 2.74. The lowest BCUT2D eigenvalue weighted by atomic mass is 9.96. The van der Waals surface area contributed by atoms with E-state index in [0.29, 0.717) is 12.5 Å². The predicted molar refractivity (Wildman–Crippen MR) is 82.4 cm³/mol. The van der Waals surface area contributed by atoms with E-state index in [1.54, 1.807) is 0 Å². The lowest BCUT2D eigenvalue weighted by molar-refractivity contribution is -0.136. The normalized spacial score (nSPS) is 20.7. The van der Waals surface area contributed by atoms with Crippen LogP contribution in [0.2, 0.25) is 0 Å². The average molecular weight is 274 g/mol. The molecule has 110 valence electrons. The van der Waals surface area contributed by atoms with E-state index >= 15 is 0 Å². The molecule has 2 rings (SSSR count). The quantitative estimate of drug-likeness (QED) is 0.897. The van der Waals surface area contributed by atoms with Crippen molar-refractivity contribution in [3.05, 3.63) is 35.9 Å². The lowest BCUT2D eigenvalue weighted by Gasteiger charge is -2.37. The summed E-state index contributed by atoms with van der Waals surface area (Å²) in [5, 5.41) is 0. The van der Waals surface area contributed by atoms with E-state index in [9.17, 15) is 4.79 Å². The van der Waals surface area contributed by atoms with Crippen molar-refractivity contribution in [2.75, 3.05) is 6.54 Å². The molecule has 1 aromatic carbocycles. The Labute approximate surface area is 122 Å². The van der Waals surface area contributed by atoms with Crippen LogP contribution in [0.4, 0.5) is 0 Å². The first kappa shape index (κ1) is 15.0. The van der Waals surface area contributed by atoms with Crippen LogP contribution in [-0.4, -0.2) is 29.4 Å². The van der Waals surface area contributed by atoms with Gasteiger partial charge in [-0.25, -0.2) is 0 Å². The second-order valence-corrected chi connectivity index (χ2v) is 5.77. The van der Waals surface area contributed by atoms with Crippen LogP contribution in [0.3, 0.4) is 0 Å². The van der Waals surface area contributed by atoms with E-state index in [1.165, 1.54) is 6.42 Å². The Morgan fingerprint density at radius 3 is 2.80 bits per heavy atom. The Balaban J connectivity index is 1.97. The van der Waals surface area contributed by atoms with Gasteiger partial charge in [-0.3, -0.25) is 4.79 Å². The van der Waals surface area contributed by atoms with Crippen LogP contribution in [0.15, 0.2) is 30.3 Å². The van der Waals surface area contributed by atoms with Crippen LogP contribution in [0.25, 0.3) is 0 Å². The molecule has 20 heavy (non-hydrogen) atoms. The smallest absolute Gasteiger partial charge is 0.240 e. The minimum atomic E-state index is -0.408. The molecule has 1 aliphatic rings. The summed E-state index contributed by atoms with van der Waals surface area (Å²) < 4.78 is 0. The second-order valence-electron chi connectivity index (χ2n) is 5.77. The molecule has 3 heteroatoms. The van der Waals surface area contributed by atoms with Crippen molar-refractivity contribution in [2.24, 2.45) is 5.73 Å². The van der Waals surface area contributed by atoms with Gasteiger partial charge in [-0.05, 0) is 37.7 Å². The van der Waals surface area contributed by atoms with Gasteiger partial charge in [0.25, 0.3) is 0 Å². The number of amides is 1. The summed E-state index contributed by atoms with van der Waals surface area (Å²) in [5.74, 6) is 0.131. The van der Waals surface area contributed by atoms with E-state index in [4.69, 9.17) is 5.73 Å². The van der Waals surface area contributed by atoms with Gasteiger partial charge in [0, 0.05) is 12.6 Å². The standard InChI is InChI=1S/C17H26N2O/c1-2-8-15-11-6-7-12-19(15)17(20)16(18)13-14-9-4-3-5-10-14/h3-5,9-10,15-16H,2,6-8,11-13,18H2,1H3/t15?,16-/m0/s1. The molecule has 1 aromatic rings. The molecule has 0 bridgehead atoms. The fourth-order valence-electron chi connectivity index (χ4n) is 3.09. The zero-order valence-electron chi connectivity index (χ0n) is 12.4. The molecule has 1 saturated heterocycles. The second kappa shape index (κ2) is 7.44. The third-order valence-electron chi connectivity index (χ3n) is 4.15. The third-order valence-corrected chi connectivity index (χ3v) is 4.15. The van der Waals surface area contributed by atoms with Gasteiger partial charge in [0.15, 0.2) is 0 Å². The summed E-state index contributed by atoms with van der Waals surface area (Å²) in [5.41, 5.74) is 7.28. The van der Waals surface area contributed by atoms with Gasteiger partial charge >= 0.3 is 0 Å². The highest BCUT2D eigenvalue weighted by molar-refractivity contribution is 5.82. The molecule has 0 aromatic heterocycles. The number of nitrogens with zero attached hydrogens (tertiary/aromatic N) is 1. The number of hydrogen-bond acceptors (Lipinski definition) is 2. The molecule has 1 fully saturated rings. The minimum Gasteiger partial charge on any atom is -0.338 e. The van der Waals surface area contributed by atoms with E-state index in [1.807, 2.05) is 35.2 Å². The van der Waals surface area contributed by atoms with E-state index in [2.05, 4.69) is 6.92 Å². The first-order valence-corrected chi connectivity index (χ1v) is 7.82. The number of carbonyl (C=O) groups is 1. The molecule has 0 aliphatic carbocycles. The van der Waals surface area contributed by atoms with Crippen molar-refractivity contribution in [3.63, 3.8) is 0 Å². The number of carbonyl (C=O) groups excluding carboxylic acids is 1. The maximum atomic E-state index is 12.6. The number of hydrogen-bond donors (Lipinski definition) is 1. The minimum absolute atomic E-state index is 0.131. The van der Waals surface area contributed by atoms with E-state index in [-0.39, 0.29) is 5.91 Å². The maximum Gasteiger partial charge on any atom is 0.240 e. The van der Waals surface area contributed by atoms with Crippen LogP contribution in [0, 0.1) is 0 Å². The number of likely N-dealkylation sites (tertiary alicyclic amines) is 1. The highest BCUT2D eigenvalue weighted by atomic mass is 16.2.